The average molecular weight is 401 g/mol. The molecule has 0 radical (unpaired) electrons. The van der Waals surface area contributed by atoms with Crippen LogP contribution in [0, 0.1) is 0 Å². The fourth-order valence-corrected chi connectivity index (χ4v) is 5.09. The minimum Gasteiger partial charge on any atom is -0.401 e. The van der Waals surface area contributed by atoms with Crippen molar-refractivity contribution in [2.75, 3.05) is 19.1 Å². The maximum atomic E-state index is 9.38. The number of hydrogen-bond donors (Lipinski definition) is 1. The minimum atomic E-state index is -0.641. The van der Waals surface area contributed by atoms with Crippen molar-refractivity contribution in [1.29, 1.82) is 0 Å². The fraction of sp³-hybridized carbons (Fsp3) is 1.00. The highest BCUT2D eigenvalue weighted by Gasteiger charge is 2.29. The van der Waals surface area contributed by atoms with Crippen molar-refractivity contribution < 1.29 is 18.7 Å². The summed E-state index contributed by atoms with van der Waals surface area (Å²) in [7, 11) is -0.412. The Labute approximate surface area is 155 Å². The lowest BCUT2D eigenvalue weighted by Crippen LogP contribution is -2.42. The van der Waals surface area contributed by atoms with Crippen molar-refractivity contribution >= 4 is 41.4 Å². The van der Waals surface area contributed by atoms with Crippen molar-refractivity contribution in [3.8, 4) is 0 Å². The molecule has 0 bridgehead atoms. The predicted molar refractivity (Wildman–Crippen MR) is 108 cm³/mol. The van der Waals surface area contributed by atoms with E-state index in [-0.39, 0.29) is 21.4 Å². The summed E-state index contributed by atoms with van der Waals surface area (Å²) in [4.78, 5) is 0. The van der Waals surface area contributed by atoms with Gasteiger partial charge in [-0.05, 0) is 22.9 Å². The number of aliphatic hydroxyl groups excluding tert-OH is 1. The van der Waals surface area contributed by atoms with E-state index in [4.69, 9.17) is 25.2 Å². The number of halogens is 1. The first-order chi connectivity index (χ1) is 10.4. The molecular formula is C15H37ClO4Si3. The van der Waals surface area contributed by atoms with Gasteiger partial charge < -0.3 is 18.7 Å². The van der Waals surface area contributed by atoms with Crippen LogP contribution < -0.4 is 0 Å². The van der Waals surface area contributed by atoms with Gasteiger partial charge in [-0.25, -0.2) is 0 Å². The maximum absolute atomic E-state index is 9.38. The van der Waals surface area contributed by atoms with Crippen LogP contribution in [-0.2, 0) is 13.6 Å². The van der Waals surface area contributed by atoms with E-state index in [0.29, 0.717) is 13.2 Å². The molecule has 0 aromatic rings. The second kappa shape index (κ2) is 10.7. The number of rotatable bonds is 11. The summed E-state index contributed by atoms with van der Waals surface area (Å²) in [6, 6.07) is 0. The first-order valence-corrected chi connectivity index (χ1v) is 12.6. The molecule has 0 aromatic heterocycles. The van der Waals surface area contributed by atoms with Crippen LogP contribution in [0.3, 0.4) is 0 Å². The summed E-state index contributed by atoms with van der Waals surface area (Å²) < 4.78 is 18.1. The standard InChI is InChI=1S/C15H37ClO4Si3/c1-13(2,3)22-19-15(21,20-23-14(4,5)6)8-7-9-18-11-12(17)10-16/h12,17H,7-11,22-23H2,1-6,21H3. The topological polar surface area (TPSA) is 47.9 Å². The molecule has 1 atom stereocenters. The third-order valence-electron chi connectivity index (χ3n) is 3.03. The van der Waals surface area contributed by atoms with Crippen LogP contribution in [-0.4, -0.2) is 65.5 Å². The van der Waals surface area contributed by atoms with E-state index in [1.807, 2.05) is 0 Å². The highest BCUT2D eigenvalue weighted by molar-refractivity contribution is 6.35. The Hall–Kier alpha value is 0.781. The summed E-state index contributed by atoms with van der Waals surface area (Å²) in [5.74, 6) is 0.214. The van der Waals surface area contributed by atoms with Gasteiger partial charge in [0, 0.05) is 6.61 Å². The largest absolute Gasteiger partial charge is 0.401 e. The van der Waals surface area contributed by atoms with E-state index in [2.05, 4.69) is 41.5 Å². The Morgan fingerprint density at radius 2 is 1.52 bits per heavy atom. The first-order valence-electron chi connectivity index (χ1n) is 8.47. The normalized spacial score (nSPS) is 18.3. The average Bonchev–Trinajstić information content (AvgIpc) is 2.41. The van der Waals surface area contributed by atoms with Gasteiger partial charge in [-0.15, -0.1) is 11.6 Å². The molecule has 0 amide bonds. The van der Waals surface area contributed by atoms with Crippen molar-refractivity contribution in [3.05, 3.63) is 0 Å². The predicted octanol–water partition coefficient (Wildman–Crippen LogP) is 1.04. The fourth-order valence-electron chi connectivity index (χ4n) is 1.68. The van der Waals surface area contributed by atoms with Crippen LogP contribution in [0.2, 0.25) is 10.1 Å². The number of hydrogen-bond acceptors (Lipinski definition) is 4. The van der Waals surface area contributed by atoms with Gasteiger partial charge in [-0.2, -0.15) is 0 Å². The van der Waals surface area contributed by atoms with E-state index in [1.165, 1.54) is 0 Å². The SMILES string of the molecule is CC(C)(C)[SiH2]OC([SiH3])(CCCOCC(O)CCl)O[SiH2]C(C)(C)C. The Bertz CT molecular complexity index is 301. The van der Waals surface area contributed by atoms with Crippen LogP contribution in [0.15, 0.2) is 0 Å². The first kappa shape index (κ1) is 23.8. The highest BCUT2D eigenvalue weighted by atomic mass is 35.5. The Morgan fingerprint density at radius 1 is 1.04 bits per heavy atom. The van der Waals surface area contributed by atoms with Crippen LogP contribution in [0.5, 0.6) is 0 Å². The third-order valence-corrected chi connectivity index (χ3v) is 8.86. The molecule has 0 fully saturated rings. The van der Waals surface area contributed by atoms with E-state index in [0.717, 1.165) is 23.1 Å². The molecule has 0 aromatic carbocycles. The zero-order valence-electron chi connectivity index (χ0n) is 16.1. The summed E-state index contributed by atoms with van der Waals surface area (Å²) in [5.41, 5.74) is -0.354. The van der Waals surface area contributed by atoms with Gasteiger partial charge in [0.25, 0.3) is 0 Å². The molecule has 0 aliphatic carbocycles. The molecule has 0 saturated heterocycles. The van der Waals surface area contributed by atoms with E-state index in [1.54, 1.807) is 0 Å². The number of ether oxygens (including phenoxy) is 1. The monoisotopic (exact) mass is 400 g/mol. The summed E-state index contributed by atoms with van der Waals surface area (Å²) >= 11 is 5.55. The molecule has 0 rings (SSSR count). The van der Waals surface area contributed by atoms with Gasteiger partial charge in [0.1, 0.15) is 5.41 Å². The Balaban J connectivity index is 4.36. The van der Waals surface area contributed by atoms with Gasteiger partial charge in [-0.3, -0.25) is 0 Å². The Kier molecular flexibility index (Phi) is 11.1. The van der Waals surface area contributed by atoms with Crippen molar-refractivity contribution in [1.82, 2.24) is 0 Å². The third kappa shape index (κ3) is 14.8. The molecule has 0 heterocycles. The lowest BCUT2D eigenvalue weighted by Gasteiger charge is -2.36. The number of alkyl halides is 1. The summed E-state index contributed by atoms with van der Waals surface area (Å²) in [5, 5.41) is 9.91. The molecule has 0 aliphatic rings. The van der Waals surface area contributed by atoms with Crippen LogP contribution >= 0.6 is 11.6 Å². The van der Waals surface area contributed by atoms with Crippen molar-refractivity contribution in [2.45, 2.75) is 76.0 Å². The van der Waals surface area contributed by atoms with Crippen molar-refractivity contribution in [2.24, 2.45) is 0 Å². The molecule has 0 spiro atoms. The van der Waals surface area contributed by atoms with E-state index < -0.39 is 25.6 Å². The highest BCUT2D eigenvalue weighted by Crippen LogP contribution is 2.28. The second-order valence-electron chi connectivity index (χ2n) is 8.82. The van der Waals surface area contributed by atoms with Gasteiger partial charge in [0.15, 0.2) is 19.5 Å². The summed E-state index contributed by atoms with van der Waals surface area (Å²) in [6.07, 6.45) is 1.18. The number of aliphatic hydroxyl groups is 1. The minimum absolute atomic E-state index is 0.214. The van der Waals surface area contributed by atoms with Gasteiger partial charge in [0.05, 0.1) is 28.8 Å². The molecular weight excluding hydrogens is 364 g/mol. The molecule has 4 nitrogen and oxygen atoms in total. The molecule has 8 heteroatoms. The molecule has 23 heavy (non-hydrogen) atoms. The molecule has 0 saturated carbocycles. The lowest BCUT2D eigenvalue weighted by molar-refractivity contribution is -0.0541. The zero-order chi connectivity index (χ0) is 18.1. The van der Waals surface area contributed by atoms with Crippen molar-refractivity contribution in [3.63, 3.8) is 0 Å². The molecule has 0 aliphatic heterocycles. The smallest absolute Gasteiger partial charge is 0.170 e. The van der Waals surface area contributed by atoms with Gasteiger partial charge in [-0.1, -0.05) is 41.5 Å². The Morgan fingerprint density at radius 3 is 1.91 bits per heavy atom. The lowest BCUT2D eigenvalue weighted by atomic mass is 10.3. The van der Waals surface area contributed by atoms with Gasteiger partial charge >= 0.3 is 0 Å². The molecule has 140 valence electrons. The van der Waals surface area contributed by atoms with Gasteiger partial charge in [0.2, 0.25) is 0 Å². The molecule has 1 unspecified atom stereocenters. The van der Waals surface area contributed by atoms with Crippen LogP contribution in [0.4, 0.5) is 0 Å². The van der Waals surface area contributed by atoms with Crippen LogP contribution in [0.25, 0.3) is 0 Å². The maximum Gasteiger partial charge on any atom is 0.170 e. The van der Waals surface area contributed by atoms with Crippen LogP contribution in [0.1, 0.15) is 54.4 Å². The quantitative estimate of drug-likeness (QED) is 0.243. The van der Waals surface area contributed by atoms with E-state index >= 15 is 0 Å². The zero-order valence-corrected chi connectivity index (χ0v) is 21.7. The second-order valence-corrected chi connectivity index (χ2v) is 16.0. The van der Waals surface area contributed by atoms with E-state index in [9.17, 15) is 5.11 Å². The molecule has 1 N–H and O–H groups in total. The summed E-state index contributed by atoms with van der Waals surface area (Å²) in [6.45, 7) is 14.3.